The lowest BCUT2D eigenvalue weighted by atomic mass is 10.00. The van der Waals surface area contributed by atoms with Gasteiger partial charge >= 0.3 is 12.4 Å². The predicted molar refractivity (Wildman–Crippen MR) is 116 cm³/mol. The van der Waals surface area contributed by atoms with Crippen LogP contribution in [0.4, 0.5) is 26.3 Å². The third-order valence-corrected chi connectivity index (χ3v) is 9.48. The average molecular weight is 504 g/mol. The molecule has 2 aromatic carbocycles. The lowest BCUT2D eigenvalue weighted by Crippen LogP contribution is -2.28. The van der Waals surface area contributed by atoms with Crippen molar-refractivity contribution in [3.05, 3.63) is 69.8 Å². The third-order valence-electron chi connectivity index (χ3n) is 6.28. The number of rotatable bonds is 5. The van der Waals surface area contributed by atoms with Crippen molar-refractivity contribution in [1.29, 1.82) is 0 Å². The molecule has 2 aromatic rings. The molecular formula is C24H23F6O3P. The summed E-state index contributed by atoms with van der Waals surface area (Å²) < 4.78 is 97.0. The van der Waals surface area contributed by atoms with Crippen LogP contribution in [0.1, 0.15) is 75.1 Å². The number of hydrogen-bond acceptors (Lipinski definition) is 3. The van der Waals surface area contributed by atoms with Gasteiger partial charge in [-0.15, -0.1) is 0 Å². The Balaban J connectivity index is 2.34. The minimum Gasteiger partial charge on any atom is -0.306 e. The van der Waals surface area contributed by atoms with E-state index in [1.54, 1.807) is 6.07 Å². The smallest absolute Gasteiger partial charge is 0.306 e. The Labute approximate surface area is 192 Å². The van der Waals surface area contributed by atoms with Crippen molar-refractivity contribution in [2.75, 3.05) is 0 Å². The Morgan fingerprint density at radius 1 is 0.735 bits per heavy atom. The Hall–Kier alpha value is -2.41. The quantitative estimate of drug-likeness (QED) is 0.306. The first kappa shape index (κ1) is 26.2. The molecule has 0 aromatic heterocycles. The lowest BCUT2D eigenvalue weighted by molar-refractivity contribution is -0.143. The van der Waals surface area contributed by atoms with Crippen molar-refractivity contribution in [2.45, 2.75) is 64.0 Å². The van der Waals surface area contributed by atoms with Crippen LogP contribution >= 0.6 is 7.14 Å². The summed E-state index contributed by atoms with van der Waals surface area (Å²) in [6.07, 6.45) is -8.81. The van der Waals surface area contributed by atoms with Crippen LogP contribution in [0, 0.1) is 13.8 Å². The van der Waals surface area contributed by atoms with Crippen LogP contribution in [-0.2, 0) is 16.9 Å². The maximum atomic E-state index is 14.4. The molecule has 1 unspecified atom stereocenters. The zero-order valence-electron chi connectivity index (χ0n) is 18.5. The summed E-state index contributed by atoms with van der Waals surface area (Å²) in [5.74, 6) is 0. The Morgan fingerprint density at radius 3 is 1.59 bits per heavy atom. The van der Waals surface area contributed by atoms with E-state index < -0.39 is 52.9 Å². The molecule has 0 heterocycles. The summed E-state index contributed by atoms with van der Waals surface area (Å²) in [6.45, 7) is 3.03. The molecule has 0 radical (unpaired) electrons. The standard InChI is InChI=1S/C24H23F6O3P/c1-14-8-6-9-15(2)19(14)21(31)34(33,16-10-4-3-5-11-16)22(32)20-17(23(25,26)27)12-7-13-18(20)24(28,29)30/h6-9,12-13,16H,3-5,10-11H2,1-2H3. The van der Waals surface area contributed by atoms with Crippen LogP contribution in [0.25, 0.3) is 0 Å². The van der Waals surface area contributed by atoms with Gasteiger partial charge in [0.25, 0.3) is 0 Å². The zero-order chi connectivity index (χ0) is 25.5. The van der Waals surface area contributed by atoms with Gasteiger partial charge in [0.05, 0.1) is 16.7 Å². The summed E-state index contributed by atoms with van der Waals surface area (Å²) >= 11 is 0. The molecule has 34 heavy (non-hydrogen) atoms. The van der Waals surface area contributed by atoms with E-state index in [1.165, 1.54) is 26.0 Å². The number of alkyl halides is 6. The van der Waals surface area contributed by atoms with E-state index in [1.807, 2.05) is 0 Å². The van der Waals surface area contributed by atoms with E-state index in [4.69, 9.17) is 0 Å². The maximum absolute atomic E-state index is 14.4. The topological polar surface area (TPSA) is 51.2 Å². The molecule has 0 saturated heterocycles. The van der Waals surface area contributed by atoms with E-state index in [-0.39, 0.29) is 18.4 Å². The van der Waals surface area contributed by atoms with E-state index in [0.717, 1.165) is 0 Å². The predicted octanol–water partition coefficient (Wildman–Crippen LogP) is 8.02. The van der Waals surface area contributed by atoms with Gasteiger partial charge < -0.3 is 4.57 Å². The van der Waals surface area contributed by atoms with Gasteiger partial charge in [0.2, 0.25) is 18.2 Å². The highest BCUT2D eigenvalue weighted by molar-refractivity contribution is 7.96. The molecule has 10 heteroatoms. The molecule has 0 amide bonds. The second-order valence-electron chi connectivity index (χ2n) is 8.55. The molecule has 0 bridgehead atoms. The van der Waals surface area contributed by atoms with Crippen LogP contribution in [0.2, 0.25) is 0 Å². The monoisotopic (exact) mass is 504 g/mol. The van der Waals surface area contributed by atoms with Gasteiger partial charge in [-0.1, -0.05) is 43.5 Å². The summed E-state index contributed by atoms with van der Waals surface area (Å²) in [4.78, 5) is 27.4. The first-order valence-electron chi connectivity index (χ1n) is 10.7. The molecule has 1 aliphatic carbocycles. The SMILES string of the molecule is Cc1cccc(C)c1C(=O)P(=O)(C(=O)c1c(C(F)(F)F)cccc1C(F)(F)F)C1CCCCC1. The van der Waals surface area contributed by atoms with Crippen molar-refractivity contribution >= 4 is 18.2 Å². The first-order chi connectivity index (χ1) is 15.7. The maximum Gasteiger partial charge on any atom is 0.417 e. The van der Waals surface area contributed by atoms with Crippen LogP contribution in [0.5, 0.6) is 0 Å². The molecule has 0 aliphatic heterocycles. The fourth-order valence-electron chi connectivity index (χ4n) is 4.61. The number of benzene rings is 2. The Bertz CT molecular complexity index is 1110. The average Bonchev–Trinajstić information content (AvgIpc) is 2.76. The van der Waals surface area contributed by atoms with E-state index in [2.05, 4.69) is 0 Å². The van der Waals surface area contributed by atoms with Crippen molar-refractivity contribution in [1.82, 2.24) is 0 Å². The largest absolute Gasteiger partial charge is 0.417 e. The molecule has 184 valence electrons. The molecule has 0 spiro atoms. The normalized spacial score (nSPS) is 17.3. The highest BCUT2D eigenvalue weighted by atomic mass is 31.2. The van der Waals surface area contributed by atoms with Gasteiger partial charge in [-0.2, -0.15) is 26.3 Å². The third kappa shape index (κ3) is 4.72. The number of carbonyl (C=O) groups excluding carboxylic acids is 2. The first-order valence-corrected chi connectivity index (χ1v) is 12.5. The Morgan fingerprint density at radius 2 is 1.15 bits per heavy atom. The van der Waals surface area contributed by atoms with Gasteiger partial charge in [0.1, 0.15) is 0 Å². The van der Waals surface area contributed by atoms with Crippen LogP contribution < -0.4 is 0 Å². The number of hydrogen-bond donors (Lipinski definition) is 0. The molecule has 3 rings (SSSR count). The zero-order valence-corrected chi connectivity index (χ0v) is 19.4. The van der Waals surface area contributed by atoms with Crippen LogP contribution in [-0.4, -0.2) is 16.7 Å². The summed E-state index contributed by atoms with van der Waals surface area (Å²) in [7, 11) is -4.95. The summed E-state index contributed by atoms with van der Waals surface area (Å²) in [6, 6.07) is 5.87. The van der Waals surface area contributed by atoms with Crippen LogP contribution in [0.15, 0.2) is 36.4 Å². The number of aryl methyl sites for hydroxylation is 2. The fraction of sp³-hybridized carbons (Fsp3) is 0.417. The van der Waals surface area contributed by atoms with Crippen LogP contribution in [0.3, 0.4) is 0 Å². The Kier molecular flexibility index (Phi) is 7.19. The molecular weight excluding hydrogens is 481 g/mol. The molecule has 1 saturated carbocycles. The minimum absolute atomic E-state index is 0.0946. The molecule has 3 nitrogen and oxygen atoms in total. The number of halogens is 6. The van der Waals surface area contributed by atoms with E-state index >= 15 is 0 Å². The highest BCUT2D eigenvalue weighted by Gasteiger charge is 2.53. The van der Waals surface area contributed by atoms with Gasteiger partial charge in [-0.25, -0.2) is 0 Å². The van der Waals surface area contributed by atoms with E-state index in [0.29, 0.717) is 48.6 Å². The minimum atomic E-state index is -5.33. The summed E-state index contributed by atoms with van der Waals surface area (Å²) in [5.41, 5.74) is -9.02. The van der Waals surface area contributed by atoms with Gasteiger partial charge in [0.15, 0.2) is 0 Å². The lowest BCUT2D eigenvalue weighted by Gasteiger charge is -2.30. The molecule has 1 fully saturated rings. The van der Waals surface area contributed by atoms with Gasteiger partial charge in [-0.3, -0.25) is 9.59 Å². The van der Waals surface area contributed by atoms with Crippen molar-refractivity contribution in [3.8, 4) is 0 Å². The highest BCUT2D eigenvalue weighted by Crippen LogP contribution is 2.62. The second kappa shape index (κ2) is 9.33. The van der Waals surface area contributed by atoms with Crippen molar-refractivity contribution in [3.63, 3.8) is 0 Å². The van der Waals surface area contributed by atoms with Gasteiger partial charge in [-0.05, 0) is 49.9 Å². The second-order valence-corrected chi connectivity index (χ2v) is 11.4. The number of carbonyl (C=O) groups is 2. The van der Waals surface area contributed by atoms with Crippen molar-refractivity contribution in [2.24, 2.45) is 0 Å². The van der Waals surface area contributed by atoms with Gasteiger partial charge in [0, 0.05) is 11.2 Å². The molecule has 1 atom stereocenters. The molecule has 0 N–H and O–H groups in total. The molecule has 1 aliphatic rings. The fourth-order valence-corrected chi connectivity index (χ4v) is 7.81. The summed E-state index contributed by atoms with van der Waals surface area (Å²) in [5, 5.41) is 0. The van der Waals surface area contributed by atoms with E-state index in [9.17, 15) is 40.5 Å². The van der Waals surface area contributed by atoms with Crippen molar-refractivity contribution < 1.29 is 40.5 Å².